The van der Waals surface area contributed by atoms with Crippen LogP contribution < -0.4 is 0 Å². The molecule has 0 saturated carbocycles. The van der Waals surface area contributed by atoms with Crippen molar-refractivity contribution in [2.75, 3.05) is 13.1 Å². The van der Waals surface area contributed by atoms with Crippen LogP contribution in [0.4, 0.5) is 0 Å². The van der Waals surface area contributed by atoms with Crippen molar-refractivity contribution in [3.05, 3.63) is 46.5 Å². The molecule has 3 heterocycles. The Bertz CT molecular complexity index is 944. The van der Waals surface area contributed by atoms with E-state index in [0.29, 0.717) is 11.8 Å². The molecule has 136 valence electrons. The summed E-state index contributed by atoms with van der Waals surface area (Å²) >= 11 is 1.56. The third-order valence-electron chi connectivity index (χ3n) is 5.19. The summed E-state index contributed by atoms with van der Waals surface area (Å²) < 4.78 is 1.97. The zero-order valence-electron chi connectivity index (χ0n) is 15.8. The number of aryl methyl sites for hydroxylation is 2. The van der Waals surface area contributed by atoms with E-state index in [2.05, 4.69) is 50.1 Å². The Kier molecular flexibility index (Phi) is 4.35. The smallest absolute Gasteiger partial charge is 0.264 e. The number of likely N-dealkylation sites (tertiary alicyclic amines) is 1. The number of fused-ring (bicyclic) bond motifs is 1. The molecule has 0 bridgehead atoms. The minimum absolute atomic E-state index is 0.166. The molecule has 2 aromatic heterocycles. The maximum absolute atomic E-state index is 13.1. The summed E-state index contributed by atoms with van der Waals surface area (Å²) in [6.45, 7) is 10.3. The number of aromatic nitrogens is 2. The Labute approximate surface area is 158 Å². The summed E-state index contributed by atoms with van der Waals surface area (Å²) in [4.78, 5) is 17.0. The average molecular weight is 368 g/mol. The molecular formula is C21H25N3OS. The Morgan fingerprint density at radius 1 is 1.12 bits per heavy atom. The second-order valence-electron chi connectivity index (χ2n) is 7.82. The molecule has 1 aliphatic rings. The molecule has 0 N–H and O–H groups in total. The van der Waals surface area contributed by atoms with Gasteiger partial charge in [-0.3, -0.25) is 4.79 Å². The minimum atomic E-state index is 0.166. The first kappa shape index (κ1) is 17.3. The highest BCUT2D eigenvalue weighted by atomic mass is 32.1. The summed E-state index contributed by atoms with van der Waals surface area (Å²) in [5.74, 6) is 1.31. The fourth-order valence-electron chi connectivity index (χ4n) is 4.00. The molecule has 1 saturated heterocycles. The van der Waals surface area contributed by atoms with E-state index in [1.165, 1.54) is 12.0 Å². The zero-order chi connectivity index (χ0) is 18.4. The summed E-state index contributed by atoms with van der Waals surface area (Å²) in [6, 6.07) is 10.4. The highest BCUT2D eigenvalue weighted by Crippen LogP contribution is 2.32. The van der Waals surface area contributed by atoms with Crippen molar-refractivity contribution in [2.24, 2.45) is 11.8 Å². The Morgan fingerprint density at radius 2 is 1.77 bits per heavy atom. The number of benzene rings is 1. The SMILES string of the molecule is Cc1ccc(-n2nc(C)c3cc(C(=O)N4C[C@@H](C)C[C@H](C)C4)sc32)cc1. The largest absolute Gasteiger partial charge is 0.337 e. The van der Waals surface area contributed by atoms with E-state index in [-0.39, 0.29) is 5.91 Å². The lowest BCUT2D eigenvalue weighted by Gasteiger charge is -2.34. The predicted octanol–water partition coefficient (Wildman–Crippen LogP) is 4.82. The normalized spacial score (nSPS) is 20.7. The maximum atomic E-state index is 13.1. The Hall–Kier alpha value is -2.14. The van der Waals surface area contributed by atoms with Crippen LogP contribution >= 0.6 is 11.3 Å². The number of hydrogen-bond acceptors (Lipinski definition) is 3. The van der Waals surface area contributed by atoms with Crippen LogP contribution in [-0.4, -0.2) is 33.7 Å². The van der Waals surface area contributed by atoms with Crippen LogP contribution in [0.1, 0.15) is 41.2 Å². The van der Waals surface area contributed by atoms with Crippen molar-refractivity contribution in [3.63, 3.8) is 0 Å². The number of thiophene rings is 1. The molecule has 4 nitrogen and oxygen atoms in total. The van der Waals surface area contributed by atoms with Crippen molar-refractivity contribution in [1.29, 1.82) is 0 Å². The number of carbonyl (C=O) groups is 1. The van der Waals surface area contributed by atoms with E-state index < -0.39 is 0 Å². The van der Waals surface area contributed by atoms with Crippen molar-refractivity contribution in [3.8, 4) is 5.69 Å². The van der Waals surface area contributed by atoms with Gasteiger partial charge in [0, 0.05) is 18.5 Å². The lowest BCUT2D eigenvalue weighted by atomic mass is 9.92. The van der Waals surface area contributed by atoms with Crippen LogP contribution in [0.25, 0.3) is 15.9 Å². The zero-order valence-corrected chi connectivity index (χ0v) is 16.6. The van der Waals surface area contributed by atoms with Crippen LogP contribution in [-0.2, 0) is 0 Å². The van der Waals surface area contributed by atoms with Crippen molar-refractivity contribution in [2.45, 2.75) is 34.1 Å². The van der Waals surface area contributed by atoms with Gasteiger partial charge in [-0.25, -0.2) is 4.68 Å². The number of nitrogens with zero attached hydrogens (tertiary/aromatic N) is 3. The van der Waals surface area contributed by atoms with Crippen LogP contribution in [0.15, 0.2) is 30.3 Å². The molecule has 4 rings (SSSR count). The molecule has 26 heavy (non-hydrogen) atoms. The predicted molar refractivity (Wildman–Crippen MR) is 107 cm³/mol. The van der Waals surface area contributed by atoms with Gasteiger partial charge in [0.05, 0.1) is 16.3 Å². The van der Waals surface area contributed by atoms with E-state index >= 15 is 0 Å². The van der Waals surface area contributed by atoms with E-state index in [4.69, 9.17) is 0 Å². The fourth-order valence-corrected chi connectivity index (χ4v) is 5.15. The first-order valence-corrected chi connectivity index (χ1v) is 10.1. The minimum Gasteiger partial charge on any atom is -0.337 e. The monoisotopic (exact) mass is 367 g/mol. The van der Waals surface area contributed by atoms with Crippen LogP contribution in [0, 0.1) is 25.7 Å². The summed E-state index contributed by atoms with van der Waals surface area (Å²) in [7, 11) is 0. The first-order valence-electron chi connectivity index (χ1n) is 9.28. The van der Waals surface area contributed by atoms with Crippen molar-refractivity contribution >= 4 is 27.5 Å². The van der Waals surface area contributed by atoms with Crippen LogP contribution in [0.3, 0.4) is 0 Å². The first-order chi connectivity index (χ1) is 12.4. The molecule has 0 unspecified atom stereocenters. The van der Waals surface area contributed by atoms with Gasteiger partial charge >= 0.3 is 0 Å². The third-order valence-corrected chi connectivity index (χ3v) is 6.29. The lowest BCUT2D eigenvalue weighted by molar-refractivity contribution is 0.0628. The van der Waals surface area contributed by atoms with Gasteiger partial charge in [0.1, 0.15) is 4.83 Å². The average Bonchev–Trinajstić information content (AvgIpc) is 3.15. The molecular weight excluding hydrogens is 342 g/mol. The molecule has 0 radical (unpaired) electrons. The van der Waals surface area contributed by atoms with E-state index in [0.717, 1.165) is 39.6 Å². The van der Waals surface area contributed by atoms with Gasteiger partial charge < -0.3 is 4.90 Å². The number of rotatable bonds is 2. The Balaban J connectivity index is 1.70. The Morgan fingerprint density at radius 3 is 2.42 bits per heavy atom. The van der Waals surface area contributed by atoms with Gasteiger partial charge in [-0.2, -0.15) is 5.10 Å². The summed E-state index contributed by atoms with van der Waals surface area (Å²) in [5, 5.41) is 5.77. The van der Waals surface area contributed by atoms with E-state index in [9.17, 15) is 4.79 Å². The van der Waals surface area contributed by atoms with E-state index in [1.807, 2.05) is 22.6 Å². The highest BCUT2D eigenvalue weighted by Gasteiger charge is 2.28. The quantitative estimate of drug-likeness (QED) is 0.651. The molecule has 0 aliphatic carbocycles. The van der Waals surface area contributed by atoms with Gasteiger partial charge in [-0.1, -0.05) is 31.5 Å². The molecule has 1 amide bonds. The summed E-state index contributed by atoms with van der Waals surface area (Å²) in [5.41, 5.74) is 3.23. The molecule has 3 aromatic rings. The third kappa shape index (κ3) is 3.05. The standard InChI is InChI=1S/C21H25N3OS/c1-13-5-7-17(8-6-13)24-21-18(16(4)22-24)10-19(26-21)20(25)23-11-14(2)9-15(3)12-23/h5-8,10,14-15H,9,11-12H2,1-4H3/t14-,15-/m0/s1. The van der Waals surface area contributed by atoms with Gasteiger partial charge in [0.15, 0.2) is 0 Å². The number of amides is 1. The fraction of sp³-hybridized carbons (Fsp3) is 0.429. The second kappa shape index (κ2) is 6.54. The lowest BCUT2D eigenvalue weighted by Crippen LogP contribution is -2.42. The number of carbonyl (C=O) groups excluding carboxylic acids is 1. The molecule has 1 aromatic carbocycles. The van der Waals surface area contributed by atoms with E-state index in [1.54, 1.807) is 11.3 Å². The molecule has 1 aliphatic heterocycles. The van der Waals surface area contributed by atoms with Crippen molar-refractivity contribution < 1.29 is 4.79 Å². The van der Waals surface area contributed by atoms with Crippen LogP contribution in [0.2, 0.25) is 0 Å². The number of piperidine rings is 1. The van der Waals surface area contributed by atoms with Crippen molar-refractivity contribution in [1.82, 2.24) is 14.7 Å². The molecule has 1 fully saturated rings. The van der Waals surface area contributed by atoms with Crippen LogP contribution in [0.5, 0.6) is 0 Å². The van der Waals surface area contributed by atoms with Gasteiger partial charge in [-0.05, 0) is 50.3 Å². The molecule has 0 spiro atoms. The number of hydrogen-bond donors (Lipinski definition) is 0. The highest BCUT2D eigenvalue weighted by molar-refractivity contribution is 7.20. The maximum Gasteiger partial charge on any atom is 0.264 e. The van der Waals surface area contributed by atoms with Gasteiger partial charge in [0.2, 0.25) is 0 Å². The summed E-state index contributed by atoms with van der Waals surface area (Å²) in [6.07, 6.45) is 1.21. The van der Waals surface area contributed by atoms with Gasteiger partial charge in [0.25, 0.3) is 5.91 Å². The molecule has 2 atom stereocenters. The molecule has 5 heteroatoms. The topological polar surface area (TPSA) is 38.1 Å². The second-order valence-corrected chi connectivity index (χ2v) is 8.85. The van der Waals surface area contributed by atoms with Gasteiger partial charge in [-0.15, -0.1) is 11.3 Å².